The van der Waals surface area contributed by atoms with Crippen molar-refractivity contribution in [2.75, 3.05) is 13.1 Å². The minimum atomic E-state index is -0.477. The fourth-order valence-corrected chi connectivity index (χ4v) is 0.759. The van der Waals surface area contributed by atoms with Crippen LogP contribution in [0.25, 0.3) is 0 Å². The molecule has 86 valence electrons. The summed E-state index contributed by atoms with van der Waals surface area (Å²) in [5.74, 6) is -0.477. The SMILES string of the molecule is C=N/C=C\C=N/CC/N=C(C)\C(F)=C/N=C. The largest absolute Gasteiger partial charge is 0.291 e. The van der Waals surface area contributed by atoms with Crippen LogP contribution < -0.4 is 0 Å². The van der Waals surface area contributed by atoms with E-state index in [0.717, 1.165) is 6.20 Å². The average molecular weight is 222 g/mol. The van der Waals surface area contributed by atoms with Crippen LogP contribution in [0.2, 0.25) is 0 Å². The maximum Gasteiger partial charge on any atom is 0.162 e. The van der Waals surface area contributed by atoms with E-state index in [0.29, 0.717) is 18.8 Å². The third-order valence-electron chi connectivity index (χ3n) is 1.51. The van der Waals surface area contributed by atoms with Crippen molar-refractivity contribution in [1.29, 1.82) is 0 Å². The van der Waals surface area contributed by atoms with Gasteiger partial charge in [-0.05, 0) is 26.4 Å². The lowest BCUT2D eigenvalue weighted by Gasteiger charge is -1.94. The maximum atomic E-state index is 13.0. The Labute approximate surface area is 94.8 Å². The van der Waals surface area contributed by atoms with Crippen molar-refractivity contribution >= 4 is 25.4 Å². The molecule has 0 saturated heterocycles. The van der Waals surface area contributed by atoms with E-state index in [1.165, 1.54) is 6.20 Å². The van der Waals surface area contributed by atoms with Crippen LogP contribution in [0.1, 0.15) is 6.92 Å². The van der Waals surface area contributed by atoms with Gasteiger partial charge in [-0.2, -0.15) is 0 Å². The predicted molar refractivity (Wildman–Crippen MR) is 68.8 cm³/mol. The van der Waals surface area contributed by atoms with E-state index in [1.807, 2.05) is 0 Å². The molecule has 0 atom stereocenters. The van der Waals surface area contributed by atoms with Crippen LogP contribution in [0.15, 0.2) is 44.3 Å². The van der Waals surface area contributed by atoms with Crippen molar-refractivity contribution in [3.05, 3.63) is 24.3 Å². The monoisotopic (exact) mass is 222 g/mol. The minimum Gasteiger partial charge on any atom is -0.291 e. The van der Waals surface area contributed by atoms with Crippen molar-refractivity contribution < 1.29 is 4.39 Å². The summed E-state index contributed by atoms with van der Waals surface area (Å²) in [6.07, 6.45) is 5.81. The first kappa shape index (κ1) is 14.1. The number of rotatable bonds is 7. The summed E-state index contributed by atoms with van der Waals surface area (Å²) in [6.45, 7) is 8.92. The molecule has 0 N–H and O–H groups in total. The van der Waals surface area contributed by atoms with Crippen molar-refractivity contribution in [2.45, 2.75) is 6.92 Å². The molecule has 0 aliphatic carbocycles. The van der Waals surface area contributed by atoms with Gasteiger partial charge in [0, 0.05) is 12.4 Å². The van der Waals surface area contributed by atoms with Gasteiger partial charge in [-0.3, -0.25) is 20.0 Å². The van der Waals surface area contributed by atoms with Gasteiger partial charge in [-0.1, -0.05) is 0 Å². The Morgan fingerprint density at radius 2 is 2.00 bits per heavy atom. The number of nitrogens with zero attached hydrogens (tertiary/aromatic N) is 4. The molecule has 4 nitrogen and oxygen atoms in total. The van der Waals surface area contributed by atoms with E-state index in [2.05, 4.69) is 33.4 Å². The molecule has 0 bridgehead atoms. The zero-order chi connectivity index (χ0) is 12.2. The molecule has 0 heterocycles. The summed E-state index contributed by atoms with van der Waals surface area (Å²) in [5.41, 5.74) is 0.297. The van der Waals surface area contributed by atoms with Gasteiger partial charge in [0.1, 0.15) is 0 Å². The number of hydrogen-bond donors (Lipinski definition) is 0. The van der Waals surface area contributed by atoms with Gasteiger partial charge in [0.2, 0.25) is 0 Å². The van der Waals surface area contributed by atoms with E-state index < -0.39 is 5.83 Å². The van der Waals surface area contributed by atoms with E-state index >= 15 is 0 Å². The summed E-state index contributed by atoms with van der Waals surface area (Å²) in [4.78, 5) is 14.8. The highest BCUT2D eigenvalue weighted by atomic mass is 19.1. The van der Waals surface area contributed by atoms with Crippen LogP contribution in [0, 0.1) is 0 Å². The molecule has 0 unspecified atom stereocenters. The lowest BCUT2D eigenvalue weighted by molar-refractivity contribution is 0.675. The highest BCUT2D eigenvalue weighted by molar-refractivity contribution is 5.96. The number of halogens is 1. The lowest BCUT2D eigenvalue weighted by Crippen LogP contribution is -1.96. The molecule has 0 spiro atoms. The van der Waals surface area contributed by atoms with Crippen molar-refractivity contribution in [3.8, 4) is 0 Å². The van der Waals surface area contributed by atoms with Crippen LogP contribution in [0.5, 0.6) is 0 Å². The van der Waals surface area contributed by atoms with E-state index in [1.54, 1.807) is 19.2 Å². The summed E-state index contributed by atoms with van der Waals surface area (Å²) in [6, 6.07) is 0. The van der Waals surface area contributed by atoms with E-state index in [9.17, 15) is 4.39 Å². The second kappa shape index (κ2) is 9.64. The second-order valence-corrected chi connectivity index (χ2v) is 2.71. The Morgan fingerprint density at radius 1 is 1.25 bits per heavy atom. The smallest absolute Gasteiger partial charge is 0.162 e. The Balaban J connectivity index is 3.96. The molecular weight excluding hydrogens is 207 g/mol. The zero-order valence-corrected chi connectivity index (χ0v) is 9.30. The molecule has 0 aliphatic heterocycles. The van der Waals surface area contributed by atoms with Gasteiger partial charge in [-0.25, -0.2) is 4.39 Å². The topological polar surface area (TPSA) is 49.4 Å². The van der Waals surface area contributed by atoms with Gasteiger partial charge in [0.05, 0.1) is 25.0 Å². The van der Waals surface area contributed by atoms with Crippen molar-refractivity contribution in [2.24, 2.45) is 20.0 Å². The van der Waals surface area contributed by atoms with Gasteiger partial charge in [-0.15, -0.1) is 0 Å². The predicted octanol–water partition coefficient (Wildman–Crippen LogP) is 2.24. The molecule has 0 saturated carbocycles. The fraction of sp³-hybridized carbons (Fsp3) is 0.273. The normalized spacial score (nSPS) is 13.6. The molecule has 0 aliphatic rings. The second-order valence-electron chi connectivity index (χ2n) is 2.71. The molecular formula is C11H15FN4. The van der Waals surface area contributed by atoms with Crippen LogP contribution in [0.3, 0.4) is 0 Å². The first-order valence-electron chi connectivity index (χ1n) is 4.66. The molecule has 0 aromatic heterocycles. The molecule has 5 heteroatoms. The van der Waals surface area contributed by atoms with E-state index in [4.69, 9.17) is 0 Å². The van der Waals surface area contributed by atoms with Crippen molar-refractivity contribution in [3.63, 3.8) is 0 Å². The Morgan fingerprint density at radius 3 is 2.62 bits per heavy atom. The molecule has 0 rings (SSSR count). The molecule has 0 radical (unpaired) electrons. The molecule has 0 aromatic carbocycles. The summed E-state index contributed by atoms with van der Waals surface area (Å²) < 4.78 is 13.0. The molecule has 16 heavy (non-hydrogen) atoms. The van der Waals surface area contributed by atoms with Gasteiger partial charge in [0.25, 0.3) is 0 Å². The van der Waals surface area contributed by atoms with Crippen LogP contribution in [-0.4, -0.2) is 38.5 Å². The van der Waals surface area contributed by atoms with Crippen LogP contribution in [-0.2, 0) is 0 Å². The summed E-state index contributed by atoms with van der Waals surface area (Å²) >= 11 is 0. The standard InChI is InChI=1S/C11H15FN4/c1-10(11(12)9-14-3)16-8-7-15-6-4-5-13-2/h4-6,9H,2-3,7-8H2,1H3/b5-4-,11-9+,15-6-,16-10-. The summed E-state index contributed by atoms with van der Waals surface area (Å²) in [7, 11) is 0. The quantitative estimate of drug-likeness (QED) is 0.468. The maximum absolute atomic E-state index is 13.0. The Kier molecular flexibility index (Phi) is 8.49. The van der Waals surface area contributed by atoms with Gasteiger partial charge < -0.3 is 0 Å². The van der Waals surface area contributed by atoms with Crippen LogP contribution >= 0.6 is 0 Å². The Bertz CT molecular complexity index is 340. The van der Waals surface area contributed by atoms with Crippen molar-refractivity contribution in [1.82, 2.24) is 0 Å². The lowest BCUT2D eigenvalue weighted by atomic mass is 10.4. The van der Waals surface area contributed by atoms with Gasteiger partial charge in [0.15, 0.2) is 5.83 Å². The minimum absolute atomic E-state index is 0.297. The number of allylic oxidation sites excluding steroid dienone is 2. The molecule has 0 amide bonds. The number of hydrogen-bond acceptors (Lipinski definition) is 4. The highest BCUT2D eigenvalue weighted by Crippen LogP contribution is 1.99. The molecule has 0 fully saturated rings. The van der Waals surface area contributed by atoms with E-state index in [-0.39, 0.29) is 0 Å². The zero-order valence-electron chi connectivity index (χ0n) is 9.30. The average Bonchev–Trinajstić information content (AvgIpc) is 2.28. The first-order chi connectivity index (χ1) is 7.72. The highest BCUT2D eigenvalue weighted by Gasteiger charge is 1.97. The van der Waals surface area contributed by atoms with Gasteiger partial charge >= 0.3 is 0 Å². The number of aliphatic imine (C=N–C) groups is 4. The van der Waals surface area contributed by atoms with Crippen LogP contribution in [0.4, 0.5) is 4.39 Å². The third-order valence-corrected chi connectivity index (χ3v) is 1.51. The fourth-order valence-electron chi connectivity index (χ4n) is 0.759. The Hall–Kier alpha value is -1.91. The first-order valence-corrected chi connectivity index (χ1v) is 4.66. The summed E-state index contributed by atoms with van der Waals surface area (Å²) in [5, 5.41) is 0. The third kappa shape index (κ3) is 7.49. The molecule has 0 aromatic rings.